The van der Waals surface area contributed by atoms with E-state index in [2.05, 4.69) is 17.7 Å². The quantitative estimate of drug-likeness (QED) is 0.794. The highest BCUT2D eigenvalue weighted by Crippen LogP contribution is 2.32. The van der Waals surface area contributed by atoms with Crippen molar-refractivity contribution >= 4 is 21.6 Å². The molecule has 1 N–H and O–H groups in total. The first-order valence-corrected chi connectivity index (χ1v) is 10.9. The van der Waals surface area contributed by atoms with Crippen molar-refractivity contribution in [1.29, 1.82) is 0 Å². The first kappa shape index (κ1) is 19.6. The van der Waals surface area contributed by atoms with Crippen LogP contribution < -0.4 is 9.62 Å². The molecule has 1 amide bonds. The summed E-state index contributed by atoms with van der Waals surface area (Å²) in [6.45, 7) is 4.41. The van der Waals surface area contributed by atoms with Gasteiger partial charge in [-0.05, 0) is 55.5 Å². The van der Waals surface area contributed by atoms with E-state index < -0.39 is 10.0 Å². The van der Waals surface area contributed by atoms with Gasteiger partial charge in [-0.2, -0.15) is 0 Å². The molecule has 27 heavy (non-hydrogen) atoms. The van der Waals surface area contributed by atoms with Crippen molar-refractivity contribution < 1.29 is 13.2 Å². The standard InChI is InChI=1S/C21H26N2O3S/c1-3-14-22-27(25,26)19-11-8-17(9-12-19)10-13-21(24)23-16(2)15-18-6-4-5-7-20(18)23/h4-9,11-12,16,22H,3,10,13-15H2,1-2H3/t16-/m1/s1. The van der Waals surface area contributed by atoms with Crippen molar-refractivity contribution in [3.05, 3.63) is 59.7 Å². The van der Waals surface area contributed by atoms with Crippen molar-refractivity contribution in [2.75, 3.05) is 11.4 Å². The zero-order valence-corrected chi connectivity index (χ0v) is 16.6. The number of nitrogens with one attached hydrogen (secondary N) is 1. The average molecular weight is 387 g/mol. The number of carbonyl (C=O) groups is 1. The van der Waals surface area contributed by atoms with Gasteiger partial charge in [0.2, 0.25) is 15.9 Å². The lowest BCUT2D eigenvalue weighted by Gasteiger charge is -2.22. The molecule has 0 aromatic heterocycles. The van der Waals surface area contributed by atoms with E-state index in [9.17, 15) is 13.2 Å². The third-order valence-electron chi connectivity index (χ3n) is 4.88. The molecular weight excluding hydrogens is 360 g/mol. The second-order valence-corrected chi connectivity index (χ2v) is 8.75. The number of aryl methyl sites for hydroxylation is 1. The Balaban J connectivity index is 1.63. The summed E-state index contributed by atoms with van der Waals surface area (Å²) in [5.41, 5.74) is 3.18. The van der Waals surface area contributed by atoms with Crippen molar-refractivity contribution in [2.24, 2.45) is 0 Å². The van der Waals surface area contributed by atoms with Crippen LogP contribution in [0.15, 0.2) is 53.4 Å². The van der Waals surface area contributed by atoms with E-state index in [-0.39, 0.29) is 16.8 Å². The maximum atomic E-state index is 12.8. The van der Waals surface area contributed by atoms with E-state index in [1.165, 1.54) is 5.56 Å². The molecule has 0 unspecified atom stereocenters. The number of para-hydroxylation sites is 1. The number of carbonyl (C=O) groups excluding carboxylic acids is 1. The number of anilines is 1. The lowest BCUT2D eigenvalue weighted by atomic mass is 10.1. The number of hydrogen-bond donors (Lipinski definition) is 1. The largest absolute Gasteiger partial charge is 0.309 e. The number of hydrogen-bond acceptors (Lipinski definition) is 3. The molecule has 0 saturated heterocycles. The van der Waals surface area contributed by atoms with Crippen LogP contribution in [0.2, 0.25) is 0 Å². The molecule has 1 atom stereocenters. The molecule has 3 rings (SSSR count). The molecule has 0 bridgehead atoms. The predicted molar refractivity (Wildman–Crippen MR) is 107 cm³/mol. The molecule has 144 valence electrons. The highest BCUT2D eigenvalue weighted by Gasteiger charge is 2.29. The van der Waals surface area contributed by atoms with E-state index in [1.54, 1.807) is 24.3 Å². The summed E-state index contributed by atoms with van der Waals surface area (Å²) in [5, 5.41) is 0. The van der Waals surface area contributed by atoms with Crippen molar-refractivity contribution in [1.82, 2.24) is 4.72 Å². The number of sulfonamides is 1. The van der Waals surface area contributed by atoms with Gasteiger partial charge < -0.3 is 4.90 Å². The minimum Gasteiger partial charge on any atom is -0.309 e. The molecule has 0 spiro atoms. The normalized spacial score (nSPS) is 16.4. The van der Waals surface area contributed by atoms with Crippen molar-refractivity contribution in [2.45, 2.75) is 50.5 Å². The van der Waals surface area contributed by atoms with Crippen LogP contribution in [0.3, 0.4) is 0 Å². The fourth-order valence-corrected chi connectivity index (χ4v) is 4.61. The lowest BCUT2D eigenvalue weighted by molar-refractivity contribution is -0.118. The molecule has 6 heteroatoms. The third kappa shape index (κ3) is 4.39. The first-order valence-electron chi connectivity index (χ1n) is 9.41. The Morgan fingerprint density at radius 3 is 2.56 bits per heavy atom. The van der Waals surface area contributed by atoms with E-state index >= 15 is 0 Å². The summed E-state index contributed by atoms with van der Waals surface area (Å²) in [5.74, 6) is 0.105. The maximum absolute atomic E-state index is 12.8. The van der Waals surface area contributed by atoms with Gasteiger partial charge >= 0.3 is 0 Å². The van der Waals surface area contributed by atoms with Gasteiger partial charge in [0.05, 0.1) is 4.90 Å². The minimum absolute atomic E-state index is 0.105. The zero-order valence-electron chi connectivity index (χ0n) is 15.8. The molecule has 1 heterocycles. The van der Waals surface area contributed by atoms with Gasteiger partial charge in [-0.15, -0.1) is 0 Å². The van der Waals surface area contributed by atoms with Crippen LogP contribution in [0.1, 0.15) is 37.8 Å². The van der Waals surface area contributed by atoms with E-state index in [1.807, 2.05) is 30.0 Å². The summed E-state index contributed by atoms with van der Waals surface area (Å²) in [6, 6.07) is 15.0. The van der Waals surface area contributed by atoms with Crippen LogP contribution in [0.5, 0.6) is 0 Å². The summed E-state index contributed by atoms with van der Waals surface area (Å²) in [6.07, 6.45) is 2.63. The summed E-state index contributed by atoms with van der Waals surface area (Å²) < 4.78 is 26.8. The van der Waals surface area contributed by atoms with Crippen LogP contribution in [-0.4, -0.2) is 26.9 Å². The van der Waals surface area contributed by atoms with Gasteiger partial charge in [0, 0.05) is 24.7 Å². The highest BCUT2D eigenvalue weighted by atomic mass is 32.2. The van der Waals surface area contributed by atoms with E-state index in [4.69, 9.17) is 0 Å². The topological polar surface area (TPSA) is 66.5 Å². The Morgan fingerprint density at radius 2 is 1.85 bits per heavy atom. The molecule has 5 nitrogen and oxygen atoms in total. The number of fused-ring (bicyclic) bond motifs is 1. The SMILES string of the molecule is CCCNS(=O)(=O)c1ccc(CCC(=O)N2c3ccccc3C[C@H]2C)cc1. The van der Waals surface area contributed by atoms with Crippen LogP contribution in [0, 0.1) is 0 Å². The number of amides is 1. The minimum atomic E-state index is -3.45. The average Bonchev–Trinajstić information content (AvgIpc) is 3.00. The zero-order chi connectivity index (χ0) is 19.4. The van der Waals surface area contributed by atoms with Gasteiger partial charge in [0.1, 0.15) is 0 Å². The molecule has 2 aromatic rings. The van der Waals surface area contributed by atoms with Gasteiger partial charge in [-0.25, -0.2) is 13.1 Å². The Bertz CT molecular complexity index is 907. The Hall–Kier alpha value is -2.18. The van der Waals surface area contributed by atoms with E-state index in [0.29, 0.717) is 19.4 Å². The molecular formula is C21H26N2O3S. The molecule has 0 radical (unpaired) electrons. The van der Waals surface area contributed by atoms with Crippen molar-refractivity contribution in [3.63, 3.8) is 0 Å². The van der Waals surface area contributed by atoms with Gasteiger partial charge in [0.15, 0.2) is 0 Å². The number of rotatable bonds is 7. The Kier molecular flexibility index (Phi) is 5.97. The van der Waals surface area contributed by atoms with Crippen molar-refractivity contribution in [3.8, 4) is 0 Å². The molecule has 0 saturated carbocycles. The van der Waals surface area contributed by atoms with Crippen LogP contribution >= 0.6 is 0 Å². The maximum Gasteiger partial charge on any atom is 0.240 e. The predicted octanol–water partition coefficient (Wildman–Crippen LogP) is 3.29. The van der Waals surface area contributed by atoms with Crippen LogP contribution in [0.25, 0.3) is 0 Å². The summed E-state index contributed by atoms with van der Waals surface area (Å²) >= 11 is 0. The smallest absolute Gasteiger partial charge is 0.240 e. The molecule has 1 aliphatic heterocycles. The lowest BCUT2D eigenvalue weighted by Crippen LogP contribution is -2.35. The molecule has 0 aliphatic carbocycles. The summed E-state index contributed by atoms with van der Waals surface area (Å²) in [7, 11) is -3.45. The Labute approximate surface area is 161 Å². The number of benzene rings is 2. The monoisotopic (exact) mass is 386 g/mol. The van der Waals surface area contributed by atoms with Crippen LogP contribution in [0.4, 0.5) is 5.69 Å². The molecule has 2 aromatic carbocycles. The van der Waals surface area contributed by atoms with Gasteiger partial charge in [0.25, 0.3) is 0 Å². The summed E-state index contributed by atoms with van der Waals surface area (Å²) in [4.78, 5) is 14.9. The second kappa shape index (κ2) is 8.23. The molecule has 1 aliphatic rings. The fourth-order valence-electron chi connectivity index (χ4n) is 3.47. The Morgan fingerprint density at radius 1 is 1.15 bits per heavy atom. The van der Waals surface area contributed by atoms with Gasteiger partial charge in [-0.3, -0.25) is 4.79 Å². The van der Waals surface area contributed by atoms with Gasteiger partial charge in [-0.1, -0.05) is 37.3 Å². The fraction of sp³-hybridized carbons (Fsp3) is 0.381. The third-order valence-corrected chi connectivity index (χ3v) is 6.36. The molecule has 0 fully saturated rings. The second-order valence-electron chi connectivity index (χ2n) is 6.99. The van der Waals surface area contributed by atoms with Crippen LogP contribution in [-0.2, 0) is 27.7 Å². The number of nitrogens with zero attached hydrogens (tertiary/aromatic N) is 1. The first-order chi connectivity index (χ1) is 12.9. The van der Waals surface area contributed by atoms with E-state index in [0.717, 1.165) is 24.1 Å². The highest BCUT2D eigenvalue weighted by molar-refractivity contribution is 7.89.